The van der Waals surface area contributed by atoms with Crippen molar-refractivity contribution in [2.24, 2.45) is 11.7 Å². The first-order valence-corrected chi connectivity index (χ1v) is 8.41. The van der Waals surface area contributed by atoms with Gasteiger partial charge < -0.3 is 5.73 Å². The van der Waals surface area contributed by atoms with Gasteiger partial charge in [0.05, 0.1) is 5.69 Å². The van der Waals surface area contributed by atoms with E-state index in [-0.39, 0.29) is 0 Å². The second-order valence-electron chi connectivity index (χ2n) is 5.56. The SMILES string of the molecule is Cc1cc(C)cc(NS(=O)(=O)N2CCC(CN)CC2)c1. The van der Waals surface area contributed by atoms with Gasteiger partial charge in [0.25, 0.3) is 0 Å². The molecule has 0 aliphatic carbocycles. The topological polar surface area (TPSA) is 75.4 Å². The van der Waals surface area contributed by atoms with Crippen molar-refractivity contribution in [3.63, 3.8) is 0 Å². The molecule has 112 valence electrons. The fourth-order valence-corrected chi connectivity index (χ4v) is 3.87. The van der Waals surface area contributed by atoms with Gasteiger partial charge in [-0.3, -0.25) is 4.72 Å². The lowest BCUT2D eigenvalue weighted by atomic mass is 9.99. The normalized spacial score (nSPS) is 18.1. The Morgan fingerprint density at radius 1 is 1.20 bits per heavy atom. The quantitative estimate of drug-likeness (QED) is 0.887. The molecule has 0 amide bonds. The highest BCUT2D eigenvalue weighted by Crippen LogP contribution is 2.21. The van der Waals surface area contributed by atoms with Crippen molar-refractivity contribution in [1.29, 1.82) is 0 Å². The van der Waals surface area contributed by atoms with E-state index in [0.717, 1.165) is 24.0 Å². The molecule has 1 aromatic carbocycles. The van der Waals surface area contributed by atoms with Gasteiger partial charge in [0.1, 0.15) is 0 Å². The Bertz CT molecular complexity index is 544. The Balaban J connectivity index is 2.07. The van der Waals surface area contributed by atoms with E-state index in [2.05, 4.69) is 4.72 Å². The number of nitrogens with zero attached hydrogens (tertiary/aromatic N) is 1. The molecule has 0 spiro atoms. The van der Waals surface area contributed by atoms with Crippen molar-refractivity contribution in [3.8, 4) is 0 Å². The largest absolute Gasteiger partial charge is 0.330 e. The van der Waals surface area contributed by atoms with Crippen LogP contribution >= 0.6 is 0 Å². The maximum absolute atomic E-state index is 12.4. The summed E-state index contributed by atoms with van der Waals surface area (Å²) in [6.45, 7) is 5.64. The molecule has 1 saturated heterocycles. The minimum atomic E-state index is -3.46. The zero-order valence-electron chi connectivity index (χ0n) is 12.1. The van der Waals surface area contributed by atoms with Crippen LogP contribution in [0.25, 0.3) is 0 Å². The third-order valence-electron chi connectivity index (χ3n) is 3.72. The molecular formula is C14H23N3O2S. The molecule has 1 aliphatic heterocycles. The minimum Gasteiger partial charge on any atom is -0.330 e. The van der Waals surface area contributed by atoms with E-state index in [4.69, 9.17) is 5.73 Å². The molecule has 5 nitrogen and oxygen atoms in total. The highest BCUT2D eigenvalue weighted by Gasteiger charge is 2.27. The number of nitrogens with one attached hydrogen (secondary N) is 1. The zero-order chi connectivity index (χ0) is 14.8. The van der Waals surface area contributed by atoms with Crippen molar-refractivity contribution >= 4 is 15.9 Å². The van der Waals surface area contributed by atoms with Crippen molar-refractivity contribution in [3.05, 3.63) is 29.3 Å². The average molecular weight is 297 g/mol. The second kappa shape index (κ2) is 6.11. The fourth-order valence-electron chi connectivity index (χ4n) is 2.63. The Hall–Kier alpha value is -1.11. The lowest BCUT2D eigenvalue weighted by molar-refractivity contribution is 0.280. The first kappa shape index (κ1) is 15.3. The summed E-state index contributed by atoms with van der Waals surface area (Å²) >= 11 is 0. The molecule has 0 atom stereocenters. The molecule has 1 fully saturated rings. The summed E-state index contributed by atoms with van der Waals surface area (Å²) in [5.41, 5.74) is 8.35. The molecular weight excluding hydrogens is 274 g/mol. The van der Waals surface area contributed by atoms with E-state index in [1.165, 1.54) is 4.31 Å². The molecule has 20 heavy (non-hydrogen) atoms. The van der Waals surface area contributed by atoms with Crippen LogP contribution in [0.5, 0.6) is 0 Å². The van der Waals surface area contributed by atoms with E-state index in [0.29, 0.717) is 31.2 Å². The van der Waals surface area contributed by atoms with Gasteiger partial charge in [-0.15, -0.1) is 0 Å². The summed E-state index contributed by atoms with van der Waals surface area (Å²) in [5.74, 6) is 0.447. The van der Waals surface area contributed by atoms with E-state index < -0.39 is 10.2 Å². The Morgan fingerprint density at radius 2 is 1.75 bits per heavy atom. The number of hydrogen-bond acceptors (Lipinski definition) is 3. The molecule has 0 aromatic heterocycles. The summed E-state index contributed by atoms with van der Waals surface area (Å²) in [7, 11) is -3.46. The van der Waals surface area contributed by atoms with E-state index >= 15 is 0 Å². The third-order valence-corrected chi connectivity index (χ3v) is 5.25. The molecule has 0 bridgehead atoms. The average Bonchev–Trinajstić information content (AvgIpc) is 2.37. The molecule has 1 aliphatic rings. The van der Waals surface area contributed by atoms with Crippen LogP contribution in [0, 0.1) is 19.8 Å². The van der Waals surface area contributed by atoms with Crippen LogP contribution in [-0.2, 0) is 10.2 Å². The summed E-state index contributed by atoms with van der Waals surface area (Å²) in [5, 5.41) is 0. The lowest BCUT2D eigenvalue weighted by Crippen LogP contribution is -2.42. The number of rotatable bonds is 4. The molecule has 3 N–H and O–H groups in total. The maximum atomic E-state index is 12.4. The van der Waals surface area contributed by atoms with Gasteiger partial charge in [0, 0.05) is 13.1 Å². The molecule has 0 saturated carbocycles. The van der Waals surface area contributed by atoms with E-state index in [9.17, 15) is 8.42 Å². The molecule has 1 aromatic rings. The maximum Gasteiger partial charge on any atom is 0.301 e. The van der Waals surface area contributed by atoms with Gasteiger partial charge in [-0.2, -0.15) is 12.7 Å². The summed E-state index contributed by atoms with van der Waals surface area (Å²) in [6.07, 6.45) is 1.68. The Labute approximate surface area is 121 Å². The Morgan fingerprint density at radius 3 is 2.25 bits per heavy atom. The molecule has 1 heterocycles. The molecule has 6 heteroatoms. The van der Waals surface area contributed by atoms with Crippen LogP contribution in [0.3, 0.4) is 0 Å². The summed E-state index contributed by atoms with van der Waals surface area (Å²) in [4.78, 5) is 0. The lowest BCUT2D eigenvalue weighted by Gasteiger charge is -2.30. The van der Waals surface area contributed by atoms with E-state index in [1.54, 1.807) is 0 Å². The van der Waals surface area contributed by atoms with Crippen LogP contribution in [-0.4, -0.2) is 32.4 Å². The van der Waals surface area contributed by atoms with Gasteiger partial charge >= 0.3 is 10.2 Å². The summed E-state index contributed by atoms with van der Waals surface area (Å²) in [6, 6.07) is 5.71. The van der Waals surface area contributed by atoms with Crippen LogP contribution in [0.2, 0.25) is 0 Å². The first-order valence-electron chi connectivity index (χ1n) is 6.97. The monoisotopic (exact) mass is 297 g/mol. The smallest absolute Gasteiger partial charge is 0.301 e. The van der Waals surface area contributed by atoms with Gasteiger partial charge in [-0.1, -0.05) is 6.07 Å². The summed E-state index contributed by atoms with van der Waals surface area (Å²) < 4.78 is 28.9. The molecule has 2 rings (SSSR count). The predicted octanol–water partition coefficient (Wildman–Crippen LogP) is 1.63. The van der Waals surface area contributed by atoms with Crippen LogP contribution < -0.4 is 10.5 Å². The zero-order valence-corrected chi connectivity index (χ0v) is 12.9. The third kappa shape index (κ3) is 3.71. The Kier molecular flexibility index (Phi) is 4.67. The van der Waals surface area contributed by atoms with Crippen molar-refractivity contribution < 1.29 is 8.42 Å². The molecule has 0 unspecified atom stereocenters. The number of hydrogen-bond donors (Lipinski definition) is 2. The van der Waals surface area contributed by atoms with Gasteiger partial charge in [0.2, 0.25) is 0 Å². The predicted molar refractivity (Wildman–Crippen MR) is 81.8 cm³/mol. The van der Waals surface area contributed by atoms with Crippen molar-refractivity contribution in [1.82, 2.24) is 4.31 Å². The number of piperidine rings is 1. The highest BCUT2D eigenvalue weighted by atomic mass is 32.2. The van der Waals surface area contributed by atoms with Crippen LogP contribution in [0.15, 0.2) is 18.2 Å². The van der Waals surface area contributed by atoms with Gasteiger partial charge in [-0.25, -0.2) is 0 Å². The number of aryl methyl sites for hydroxylation is 2. The first-order chi connectivity index (χ1) is 9.40. The number of nitrogens with two attached hydrogens (primary N) is 1. The van der Waals surface area contributed by atoms with Gasteiger partial charge in [-0.05, 0) is 62.4 Å². The number of anilines is 1. The highest BCUT2D eigenvalue weighted by molar-refractivity contribution is 7.90. The number of benzene rings is 1. The van der Waals surface area contributed by atoms with E-state index in [1.807, 2.05) is 32.0 Å². The van der Waals surface area contributed by atoms with Crippen molar-refractivity contribution in [2.45, 2.75) is 26.7 Å². The van der Waals surface area contributed by atoms with Crippen LogP contribution in [0.4, 0.5) is 5.69 Å². The standard InChI is InChI=1S/C14H23N3O2S/c1-11-7-12(2)9-14(8-11)16-20(18,19)17-5-3-13(10-15)4-6-17/h7-9,13,16H,3-6,10,15H2,1-2H3. The molecule has 0 radical (unpaired) electrons. The second-order valence-corrected chi connectivity index (χ2v) is 7.23. The van der Waals surface area contributed by atoms with Gasteiger partial charge in [0.15, 0.2) is 0 Å². The van der Waals surface area contributed by atoms with Crippen LogP contribution in [0.1, 0.15) is 24.0 Å². The fraction of sp³-hybridized carbons (Fsp3) is 0.571. The van der Waals surface area contributed by atoms with Crippen molar-refractivity contribution in [2.75, 3.05) is 24.4 Å². The minimum absolute atomic E-state index is 0.447.